The van der Waals surface area contributed by atoms with E-state index in [-0.39, 0.29) is 11.0 Å². The lowest BCUT2D eigenvalue weighted by Crippen LogP contribution is -2.11. The number of benzene rings is 1. The van der Waals surface area contributed by atoms with Crippen LogP contribution >= 0.6 is 0 Å². The number of ether oxygens (including phenoxy) is 2. The fourth-order valence-corrected chi connectivity index (χ4v) is 2.50. The van der Waals surface area contributed by atoms with E-state index in [4.69, 9.17) is 13.9 Å². The molecule has 1 N–H and O–H groups in total. The molecule has 0 atom stereocenters. The third kappa shape index (κ3) is 5.48. The first-order chi connectivity index (χ1) is 12.8. The van der Waals surface area contributed by atoms with Crippen molar-refractivity contribution in [3.63, 3.8) is 0 Å². The molecule has 0 saturated heterocycles. The van der Waals surface area contributed by atoms with Crippen molar-refractivity contribution in [1.29, 1.82) is 0 Å². The zero-order valence-electron chi connectivity index (χ0n) is 16.0. The summed E-state index contributed by atoms with van der Waals surface area (Å²) < 4.78 is 15.6. The lowest BCUT2D eigenvalue weighted by Gasteiger charge is -2.10. The fraction of sp³-hybridized carbons (Fsp3) is 0.333. The number of carbonyl (C=O) groups is 1. The average Bonchev–Trinajstić information content (AvgIpc) is 2.58. The summed E-state index contributed by atoms with van der Waals surface area (Å²) in [5.41, 5.74) is 1.69. The van der Waals surface area contributed by atoms with Crippen LogP contribution in [0.15, 0.2) is 50.7 Å². The number of aromatic hydroxyl groups is 1. The summed E-state index contributed by atoms with van der Waals surface area (Å²) in [5, 5.41) is 10.6. The van der Waals surface area contributed by atoms with Crippen LogP contribution in [-0.4, -0.2) is 17.7 Å². The molecule has 0 aliphatic carbocycles. The molecule has 27 heavy (non-hydrogen) atoms. The zero-order valence-corrected chi connectivity index (χ0v) is 16.0. The summed E-state index contributed by atoms with van der Waals surface area (Å²) in [6.45, 7) is 7.59. The third-order valence-corrected chi connectivity index (χ3v) is 3.84. The summed E-state index contributed by atoms with van der Waals surface area (Å²) in [6, 6.07) is 4.82. The number of fused-ring (bicyclic) bond motifs is 1. The molecule has 6 heteroatoms. The molecule has 6 nitrogen and oxygen atoms in total. The van der Waals surface area contributed by atoms with E-state index in [1.54, 1.807) is 12.1 Å². The molecular formula is C21H24O6. The van der Waals surface area contributed by atoms with Crippen molar-refractivity contribution >= 4 is 16.9 Å². The normalized spacial score (nSPS) is 11.3. The van der Waals surface area contributed by atoms with Gasteiger partial charge in [-0.15, -0.1) is 0 Å². The van der Waals surface area contributed by atoms with Gasteiger partial charge in [0.1, 0.15) is 23.3 Å². The summed E-state index contributed by atoms with van der Waals surface area (Å²) in [6.07, 6.45) is 6.04. The Morgan fingerprint density at radius 3 is 2.59 bits per heavy atom. The second-order valence-corrected chi connectivity index (χ2v) is 6.47. The molecule has 0 fully saturated rings. The van der Waals surface area contributed by atoms with Crippen LogP contribution in [0.1, 0.15) is 40.5 Å². The van der Waals surface area contributed by atoms with Gasteiger partial charge in [-0.25, -0.2) is 4.79 Å². The average molecular weight is 372 g/mol. The first-order valence-electron chi connectivity index (χ1n) is 8.68. The highest BCUT2D eigenvalue weighted by molar-refractivity contribution is 5.91. The molecule has 1 heterocycles. The Labute approximate surface area is 157 Å². The molecule has 144 valence electrons. The van der Waals surface area contributed by atoms with Crippen molar-refractivity contribution in [1.82, 2.24) is 0 Å². The molecule has 1 aromatic carbocycles. The van der Waals surface area contributed by atoms with Gasteiger partial charge in [-0.1, -0.05) is 23.3 Å². The van der Waals surface area contributed by atoms with E-state index in [9.17, 15) is 14.7 Å². The topological polar surface area (TPSA) is 86.0 Å². The maximum Gasteiger partial charge on any atom is 0.383 e. The monoisotopic (exact) mass is 372 g/mol. The first-order valence-corrected chi connectivity index (χ1v) is 8.68. The number of rotatable bonds is 7. The predicted octanol–water partition coefficient (Wildman–Crippen LogP) is 4.50. The van der Waals surface area contributed by atoms with Gasteiger partial charge in [-0.3, -0.25) is 4.79 Å². The fourth-order valence-electron chi connectivity index (χ4n) is 2.50. The van der Waals surface area contributed by atoms with Crippen LogP contribution in [0.3, 0.4) is 0 Å². The largest absolute Gasteiger partial charge is 0.503 e. The van der Waals surface area contributed by atoms with Gasteiger partial charge in [0, 0.05) is 6.92 Å². The molecule has 1 aromatic heterocycles. The highest BCUT2D eigenvalue weighted by atomic mass is 16.6. The molecule has 0 aliphatic rings. The lowest BCUT2D eigenvalue weighted by molar-refractivity contribution is -0.132. The van der Waals surface area contributed by atoms with E-state index in [1.165, 1.54) is 17.2 Å². The Kier molecular flexibility index (Phi) is 6.82. The summed E-state index contributed by atoms with van der Waals surface area (Å²) in [5.74, 6) is -1.42. The van der Waals surface area contributed by atoms with Crippen molar-refractivity contribution < 1.29 is 23.8 Å². The maximum atomic E-state index is 11.9. The van der Waals surface area contributed by atoms with E-state index in [2.05, 4.69) is 19.9 Å². The van der Waals surface area contributed by atoms with E-state index in [1.807, 2.05) is 13.0 Å². The Balaban J connectivity index is 2.24. The standard InChI is InChI=1S/C21H24O6/c1-13(2)7-5-8-14(3)11-12-25-16-9-6-10-17-18(16)19(23)20(21(24)27-17)26-15(4)22/h6-7,9-11,23H,5,8,12H2,1-4H3. The molecule has 0 amide bonds. The van der Waals surface area contributed by atoms with Crippen molar-refractivity contribution in [2.24, 2.45) is 0 Å². The Morgan fingerprint density at radius 2 is 1.93 bits per heavy atom. The van der Waals surface area contributed by atoms with E-state index in [0.29, 0.717) is 12.4 Å². The number of hydrogen-bond donors (Lipinski definition) is 1. The second kappa shape index (κ2) is 9.07. The second-order valence-electron chi connectivity index (χ2n) is 6.47. The quantitative estimate of drug-likeness (QED) is 0.438. The minimum atomic E-state index is -0.928. The molecule has 0 unspecified atom stereocenters. The Morgan fingerprint density at radius 1 is 1.19 bits per heavy atom. The van der Waals surface area contributed by atoms with Crippen LogP contribution in [0, 0.1) is 0 Å². The molecule has 0 aliphatic heterocycles. The summed E-state index contributed by atoms with van der Waals surface area (Å²) >= 11 is 0. The SMILES string of the molecule is CC(=O)Oc1c(O)c2c(OCC=C(C)CCC=C(C)C)cccc2oc1=O. The van der Waals surface area contributed by atoms with Crippen molar-refractivity contribution in [2.75, 3.05) is 6.61 Å². The molecule has 2 aromatic rings. The van der Waals surface area contributed by atoms with Gasteiger partial charge in [0.2, 0.25) is 0 Å². The van der Waals surface area contributed by atoms with Crippen LogP contribution in [0.4, 0.5) is 0 Å². The Hall–Kier alpha value is -3.02. The molecular weight excluding hydrogens is 348 g/mol. The minimum Gasteiger partial charge on any atom is -0.503 e. The van der Waals surface area contributed by atoms with Crippen molar-refractivity contribution in [3.05, 3.63) is 51.9 Å². The number of carbonyl (C=O) groups excluding carboxylic acids is 1. The predicted molar refractivity (Wildman–Crippen MR) is 103 cm³/mol. The van der Waals surface area contributed by atoms with Gasteiger partial charge in [0.15, 0.2) is 5.75 Å². The van der Waals surface area contributed by atoms with Gasteiger partial charge in [-0.2, -0.15) is 0 Å². The number of hydrogen-bond acceptors (Lipinski definition) is 6. The van der Waals surface area contributed by atoms with E-state index < -0.39 is 23.1 Å². The van der Waals surface area contributed by atoms with Crippen molar-refractivity contribution in [2.45, 2.75) is 40.5 Å². The smallest absolute Gasteiger partial charge is 0.383 e. The number of allylic oxidation sites excluding steroid dienone is 3. The van der Waals surface area contributed by atoms with Gasteiger partial charge in [0.05, 0.1) is 0 Å². The highest BCUT2D eigenvalue weighted by Gasteiger charge is 2.20. The van der Waals surface area contributed by atoms with Crippen LogP contribution in [0.25, 0.3) is 11.0 Å². The maximum absolute atomic E-state index is 11.9. The van der Waals surface area contributed by atoms with Crippen LogP contribution in [-0.2, 0) is 4.79 Å². The van der Waals surface area contributed by atoms with Gasteiger partial charge >= 0.3 is 11.6 Å². The van der Waals surface area contributed by atoms with Crippen molar-refractivity contribution in [3.8, 4) is 17.2 Å². The van der Waals surface area contributed by atoms with E-state index >= 15 is 0 Å². The molecule has 2 rings (SSSR count). The minimum absolute atomic E-state index is 0.148. The van der Waals surface area contributed by atoms with Crippen LogP contribution < -0.4 is 15.1 Å². The van der Waals surface area contributed by atoms with Gasteiger partial charge in [-0.05, 0) is 51.8 Å². The van der Waals surface area contributed by atoms with Gasteiger partial charge < -0.3 is 19.0 Å². The third-order valence-electron chi connectivity index (χ3n) is 3.84. The van der Waals surface area contributed by atoms with E-state index in [0.717, 1.165) is 19.8 Å². The zero-order chi connectivity index (χ0) is 20.0. The molecule has 0 spiro atoms. The van der Waals surface area contributed by atoms with Gasteiger partial charge in [0.25, 0.3) is 5.75 Å². The summed E-state index contributed by atoms with van der Waals surface area (Å²) in [7, 11) is 0. The van der Waals surface area contributed by atoms with Crippen LogP contribution in [0.5, 0.6) is 17.2 Å². The molecule has 0 saturated carbocycles. The number of esters is 1. The summed E-state index contributed by atoms with van der Waals surface area (Å²) in [4.78, 5) is 23.1. The highest BCUT2D eigenvalue weighted by Crippen LogP contribution is 2.37. The first kappa shape index (κ1) is 20.3. The Bertz CT molecular complexity index is 945. The van der Waals surface area contributed by atoms with Crippen LogP contribution in [0.2, 0.25) is 0 Å². The molecule has 0 radical (unpaired) electrons. The molecule has 0 bridgehead atoms. The lowest BCUT2D eigenvalue weighted by atomic mass is 10.1.